The van der Waals surface area contributed by atoms with Crippen LogP contribution < -0.4 is 14.8 Å². The average Bonchev–Trinajstić information content (AvgIpc) is 3.21. The molecule has 0 bridgehead atoms. The van der Waals surface area contributed by atoms with Gasteiger partial charge in [-0.15, -0.1) is 0 Å². The number of benzene rings is 2. The Morgan fingerprint density at radius 3 is 2.53 bits per heavy atom. The van der Waals surface area contributed by atoms with E-state index in [1.165, 1.54) is 5.56 Å². The van der Waals surface area contributed by atoms with E-state index in [1.54, 1.807) is 14.2 Å². The lowest BCUT2D eigenvalue weighted by Crippen LogP contribution is -2.45. The van der Waals surface area contributed by atoms with Crippen molar-refractivity contribution in [2.75, 3.05) is 34.0 Å². The molecule has 30 heavy (non-hydrogen) atoms. The van der Waals surface area contributed by atoms with Crippen molar-refractivity contribution < 1.29 is 19.0 Å². The highest BCUT2D eigenvalue weighted by molar-refractivity contribution is 5.88. The van der Waals surface area contributed by atoms with Crippen LogP contribution in [0.15, 0.2) is 54.7 Å². The Labute approximate surface area is 176 Å². The molecule has 1 saturated heterocycles. The van der Waals surface area contributed by atoms with Crippen molar-refractivity contribution in [1.29, 1.82) is 0 Å². The van der Waals surface area contributed by atoms with Gasteiger partial charge in [0.1, 0.15) is 18.0 Å². The monoisotopic (exact) mass is 408 g/mol. The number of nitrogens with zero attached hydrogens (tertiary/aromatic N) is 1. The molecule has 1 N–H and O–H groups in total. The predicted octanol–water partition coefficient (Wildman–Crippen LogP) is 3.52. The van der Waals surface area contributed by atoms with Crippen LogP contribution in [0.4, 0.5) is 0 Å². The maximum absolute atomic E-state index is 12.8. The standard InChI is InChI=1S/C24H28N2O4/c1-28-19-8-6-18(7-9-19)24(11-14-30-15-12-24)17-25-23(27)16-26-13-10-20-21(26)4-3-5-22(20)29-2/h3-10,13H,11-12,14-17H2,1-2H3,(H,25,27). The second kappa shape index (κ2) is 8.79. The van der Waals surface area contributed by atoms with Gasteiger partial charge in [-0.3, -0.25) is 4.79 Å². The first-order valence-corrected chi connectivity index (χ1v) is 10.3. The van der Waals surface area contributed by atoms with Gasteiger partial charge in [-0.05, 0) is 48.7 Å². The first-order valence-electron chi connectivity index (χ1n) is 10.3. The molecule has 1 fully saturated rings. The van der Waals surface area contributed by atoms with E-state index in [0.717, 1.165) is 35.2 Å². The Hall–Kier alpha value is -2.99. The summed E-state index contributed by atoms with van der Waals surface area (Å²) in [6.45, 7) is 2.25. The number of aromatic nitrogens is 1. The fraction of sp³-hybridized carbons (Fsp3) is 0.375. The fourth-order valence-electron chi connectivity index (χ4n) is 4.26. The van der Waals surface area contributed by atoms with E-state index in [-0.39, 0.29) is 17.9 Å². The van der Waals surface area contributed by atoms with Crippen LogP contribution in [0.1, 0.15) is 18.4 Å². The van der Waals surface area contributed by atoms with E-state index >= 15 is 0 Å². The molecular formula is C24H28N2O4. The number of amides is 1. The molecule has 0 spiro atoms. The molecule has 158 valence electrons. The number of ether oxygens (including phenoxy) is 3. The molecule has 0 saturated carbocycles. The van der Waals surface area contributed by atoms with Crippen molar-refractivity contribution in [2.45, 2.75) is 24.8 Å². The summed E-state index contributed by atoms with van der Waals surface area (Å²) < 4.78 is 18.3. The second-order valence-corrected chi connectivity index (χ2v) is 7.73. The molecule has 1 aliphatic rings. The van der Waals surface area contributed by atoms with E-state index in [2.05, 4.69) is 17.4 Å². The molecule has 1 amide bonds. The molecular weight excluding hydrogens is 380 g/mol. The van der Waals surface area contributed by atoms with Crippen LogP contribution >= 0.6 is 0 Å². The zero-order valence-corrected chi connectivity index (χ0v) is 17.5. The lowest BCUT2D eigenvalue weighted by Gasteiger charge is -2.38. The van der Waals surface area contributed by atoms with Crippen LogP contribution in [-0.4, -0.2) is 44.5 Å². The molecule has 2 heterocycles. The van der Waals surface area contributed by atoms with Gasteiger partial charge >= 0.3 is 0 Å². The van der Waals surface area contributed by atoms with Crippen LogP contribution in [-0.2, 0) is 21.5 Å². The summed E-state index contributed by atoms with van der Waals surface area (Å²) >= 11 is 0. The minimum absolute atomic E-state index is 0.00491. The molecule has 1 aromatic heterocycles. The van der Waals surface area contributed by atoms with Crippen molar-refractivity contribution in [3.63, 3.8) is 0 Å². The van der Waals surface area contributed by atoms with Crippen LogP contribution in [0, 0.1) is 0 Å². The molecule has 2 aromatic carbocycles. The normalized spacial score (nSPS) is 15.7. The first-order chi connectivity index (χ1) is 14.6. The average molecular weight is 408 g/mol. The van der Waals surface area contributed by atoms with E-state index in [4.69, 9.17) is 14.2 Å². The molecule has 0 unspecified atom stereocenters. The highest BCUT2D eigenvalue weighted by Crippen LogP contribution is 2.35. The van der Waals surface area contributed by atoms with Crippen molar-refractivity contribution >= 4 is 16.8 Å². The molecule has 3 aromatic rings. The van der Waals surface area contributed by atoms with E-state index in [0.29, 0.717) is 19.8 Å². The molecule has 4 rings (SSSR count). The predicted molar refractivity (Wildman–Crippen MR) is 116 cm³/mol. The Balaban J connectivity index is 1.48. The SMILES string of the molecule is COc1ccc(C2(CNC(=O)Cn3ccc4c(OC)cccc43)CCOCC2)cc1. The Morgan fingerprint density at radius 1 is 1.07 bits per heavy atom. The van der Waals surface area contributed by atoms with Crippen molar-refractivity contribution in [1.82, 2.24) is 9.88 Å². The zero-order valence-electron chi connectivity index (χ0n) is 17.5. The van der Waals surface area contributed by atoms with Gasteiger partial charge in [0, 0.05) is 36.8 Å². The van der Waals surface area contributed by atoms with Gasteiger partial charge in [-0.25, -0.2) is 0 Å². The highest BCUT2D eigenvalue weighted by atomic mass is 16.5. The van der Waals surface area contributed by atoms with Gasteiger partial charge in [-0.2, -0.15) is 0 Å². The number of fused-ring (bicyclic) bond motifs is 1. The number of carbonyl (C=O) groups excluding carboxylic acids is 1. The number of nitrogens with one attached hydrogen (secondary N) is 1. The summed E-state index contributed by atoms with van der Waals surface area (Å²) in [5.74, 6) is 1.64. The zero-order chi connectivity index (χ0) is 21.0. The summed E-state index contributed by atoms with van der Waals surface area (Å²) in [5.41, 5.74) is 2.07. The Kier molecular flexibility index (Phi) is 5.95. The van der Waals surface area contributed by atoms with Gasteiger partial charge in [0.05, 0.1) is 19.7 Å². The van der Waals surface area contributed by atoms with E-state index in [1.807, 2.05) is 47.2 Å². The lowest BCUT2D eigenvalue weighted by atomic mass is 9.74. The van der Waals surface area contributed by atoms with Crippen LogP contribution in [0.25, 0.3) is 10.9 Å². The smallest absolute Gasteiger partial charge is 0.239 e. The summed E-state index contributed by atoms with van der Waals surface area (Å²) in [5, 5.41) is 4.18. The maximum Gasteiger partial charge on any atom is 0.239 e. The van der Waals surface area contributed by atoms with Gasteiger partial charge in [-0.1, -0.05) is 18.2 Å². The summed E-state index contributed by atoms with van der Waals surface area (Å²) in [6.07, 6.45) is 3.69. The lowest BCUT2D eigenvalue weighted by molar-refractivity contribution is -0.122. The molecule has 0 aliphatic carbocycles. The van der Waals surface area contributed by atoms with Crippen LogP contribution in [0.3, 0.4) is 0 Å². The Bertz CT molecular complexity index is 1000. The third kappa shape index (κ3) is 4.00. The summed E-state index contributed by atoms with van der Waals surface area (Å²) in [4.78, 5) is 12.8. The number of carbonyl (C=O) groups is 1. The largest absolute Gasteiger partial charge is 0.497 e. The number of hydrogen-bond donors (Lipinski definition) is 1. The third-order valence-electron chi connectivity index (χ3n) is 6.08. The van der Waals surface area contributed by atoms with Gasteiger partial charge in [0.15, 0.2) is 0 Å². The molecule has 1 aliphatic heterocycles. The third-order valence-corrected chi connectivity index (χ3v) is 6.08. The second-order valence-electron chi connectivity index (χ2n) is 7.73. The quantitative estimate of drug-likeness (QED) is 0.650. The molecule has 6 heteroatoms. The fourth-order valence-corrected chi connectivity index (χ4v) is 4.26. The summed E-state index contributed by atoms with van der Waals surface area (Å²) in [6, 6.07) is 16.0. The number of hydrogen-bond acceptors (Lipinski definition) is 4. The minimum Gasteiger partial charge on any atom is -0.497 e. The van der Waals surface area contributed by atoms with Gasteiger partial charge < -0.3 is 24.1 Å². The number of methoxy groups -OCH3 is 2. The van der Waals surface area contributed by atoms with Crippen molar-refractivity contribution in [3.05, 3.63) is 60.3 Å². The van der Waals surface area contributed by atoms with E-state index < -0.39 is 0 Å². The van der Waals surface area contributed by atoms with E-state index in [9.17, 15) is 4.79 Å². The Morgan fingerprint density at radius 2 is 1.83 bits per heavy atom. The summed E-state index contributed by atoms with van der Waals surface area (Å²) in [7, 11) is 3.32. The number of rotatable bonds is 7. The van der Waals surface area contributed by atoms with Crippen LogP contribution in [0.2, 0.25) is 0 Å². The maximum atomic E-state index is 12.8. The van der Waals surface area contributed by atoms with Crippen LogP contribution in [0.5, 0.6) is 11.5 Å². The van der Waals surface area contributed by atoms with Gasteiger partial charge in [0.2, 0.25) is 5.91 Å². The van der Waals surface area contributed by atoms with Crippen molar-refractivity contribution in [2.24, 2.45) is 0 Å². The topological polar surface area (TPSA) is 61.7 Å². The van der Waals surface area contributed by atoms with Crippen molar-refractivity contribution in [3.8, 4) is 11.5 Å². The highest BCUT2D eigenvalue weighted by Gasteiger charge is 2.34. The molecule has 0 radical (unpaired) electrons. The molecule has 0 atom stereocenters. The first kappa shape index (κ1) is 20.3. The van der Waals surface area contributed by atoms with Gasteiger partial charge in [0.25, 0.3) is 0 Å². The molecule has 6 nitrogen and oxygen atoms in total. The minimum atomic E-state index is -0.123.